The Morgan fingerprint density at radius 1 is 1.27 bits per heavy atom. The van der Waals surface area contributed by atoms with Gasteiger partial charge in [0.15, 0.2) is 5.92 Å². The van der Waals surface area contributed by atoms with E-state index in [2.05, 4.69) is 4.74 Å². The van der Waals surface area contributed by atoms with Crippen molar-refractivity contribution in [1.82, 2.24) is 0 Å². The second kappa shape index (κ2) is 6.92. The number of hydrogen-bond donors (Lipinski definition) is 0. The van der Waals surface area contributed by atoms with Crippen LogP contribution in [0.4, 0.5) is 4.39 Å². The summed E-state index contributed by atoms with van der Waals surface area (Å²) in [5.74, 6) is -7.38. The van der Waals surface area contributed by atoms with Crippen LogP contribution >= 0.6 is 0 Å². The SMILES string of the molecule is CC(C)OC(=O)[C@@](F)([C@H](C[N+](=O)[O-])c1ccccc1)[N+](=O)[O-]. The fourth-order valence-corrected chi connectivity index (χ4v) is 1.92. The molecule has 120 valence electrons. The zero-order chi connectivity index (χ0) is 16.9. The fourth-order valence-electron chi connectivity index (χ4n) is 1.92. The lowest BCUT2D eigenvalue weighted by molar-refractivity contribution is -0.606. The summed E-state index contributed by atoms with van der Waals surface area (Å²) in [6, 6.07) is 7.02. The van der Waals surface area contributed by atoms with Crippen molar-refractivity contribution in [3.63, 3.8) is 0 Å². The van der Waals surface area contributed by atoms with Crippen molar-refractivity contribution in [2.45, 2.75) is 31.7 Å². The summed E-state index contributed by atoms with van der Waals surface area (Å²) in [6.45, 7) is 1.67. The number of nitro groups is 2. The second-order valence-corrected chi connectivity index (χ2v) is 4.86. The molecule has 0 saturated carbocycles. The van der Waals surface area contributed by atoms with Crippen molar-refractivity contribution in [2.75, 3.05) is 6.54 Å². The van der Waals surface area contributed by atoms with Gasteiger partial charge in [-0.3, -0.25) is 20.2 Å². The molecule has 0 saturated heterocycles. The standard InChI is InChI=1S/C13H15FN2O6/c1-9(2)22-12(17)13(14,16(20)21)11(8-15(18)19)10-6-4-3-5-7-10/h3-7,9,11H,8H2,1-2H3/t11-,13-/m1/s1. The van der Waals surface area contributed by atoms with Crippen molar-refractivity contribution < 1.29 is 23.8 Å². The summed E-state index contributed by atoms with van der Waals surface area (Å²) in [7, 11) is 0. The van der Waals surface area contributed by atoms with Crippen LogP contribution in [0.5, 0.6) is 0 Å². The first-order valence-electron chi connectivity index (χ1n) is 6.40. The third kappa shape index (κ3) is 3.74. The van der Waals surface area contributed by atoms with Gasteiger partial charge in [-0.2, -0.15) is 4.39 Å². The maximum absolute atomic E-state index is 14.9. The Labute approximate surface area is 125 Å². The summed E-state index contributed by atoms with van der Waals surface area (Å²) in [5.41, 5.74) is -0.0286. The quantitative estimate of drug-likeness (QED) is 0.329. The van der Waals surface area contributed by atoms with Gasteiger partial charge in [0.1, 0.15) is 0 Å². The molecule has 1 aromatic rings. The minimum absolute atomic E-state index is 0.0286. The number of carbonyl (C=O) groups is 1. The first-order valence-corrected chi connectivity index (χ1v) is 6.40. The van der Waals surface area contributed by atoms with E-state index in [0.717, 1.165) is 0 Å². The van der Waals surface area contributed by atoms with E-state index in [9.17, 15) is 29.4 Å². The lowest BCUT2D eigenvalue weighted by atomic mass is 9.89. The highest BCUT2D eigenvalue weighted by molar-refractivity contribution is 5.79. The van der Waals surface area contributed by atoms with Gasteiger partial charge in [0.05, 0.1) is 11.0 Å². The van der Waals surface area contributed by atoms with Crippen LogP contribution in [0.1, 0.15) is 25.3 Å². The van der Waals surface area contributed by atoms with Crippen LogP contribution in [0.3, 0.4) is 0 Å². The molecule has 0 aliphatic heterocycles. The first kappa shape index (κ1) is 17.5. The molecule has 8 nitrogen and oxygen atoms in total. The molecule has 1 rings (SSSR count). The molecule has 0 bridgehead atoms. The highest BCUT2D eigenvalue weighted by Crippen LogP contribution is 2.34. The van der Waals surface area contributed by atoms with E-state index in [1.165, 1.54) is 38.1 Å². The number of carbonyl (C=O) groups excluding carboxylic acids is 1. The highest BCUT2D eigenvalue weighted by atomic mass is 19.1. The monoisotopic (exact) mass is 314 g/mol. The predicted octanol–water partition coefficient (Wildman–Crippen LogP) is 1.94. The zero-order valence-electron chi connectivity index (χ0n) is 12.0. The molecule has 0 heterocycles. The lowest BCUT2D eigenvalue weighted by Crippen LogP contribution is -2.51. The van der Waals surface area contributed by atoms with Crippen molar-refractivity contribution >= 4 is 5.97 Å². The third-order valence-electron chi connectivity index (χ3n) is 2.89. The molecular formula is C13H15FN2O6. The predicted molar refractivity (Wildman–Crippen MR) is 73.1 cm³/mol. The number of rotatable bonds is 7. The Hall–Kier alpha value is -2.58. The lowest BCUT2D eigenvalue weighted by Gasteiger charge is -2.23. The molecule has 0 radical (unpaired) electrons. The molecular weight excluding hydrogens is 299 g/mol. The van der Waals surface area contributed by atoms with Crippen molar-refractivity contribution in [2.24, 2.45) is 0 Å². The highest BCUT2D eigenvalue weighted by Gasteiger charge is 2.63. The largest absolute Gasteiger partial charge is 0.467 e. The number of nitrogens with zero attached hydrogens (tertiary/aromatic N) is 2. The van der Waals surface area contributed by atoms with Gasteiger partial charge in [-0.15, -0.1) is 0 Å². The Morgan fingerprint density at radius 3 is 2.23 bits per heavy atom. The Balaban J connectivity index is 3.35. The molecule has 0 aromatic heterocycles. The Kier molecular flexibility index (Phi) is 5.50. The number of esters is 1. The Bertz CT molecular complexity index is 565. The number of alkyl halides is 1. The summed E-state index contributed by atoms with van der Waals surface area (Å²) < 4.78 is 19.5. The average molecular weight is 314 g/mol. The van der Waals surface area contributed by atoms with Gasteiger partial charge in [-0.25, -0.2) is 4.79 Å². The molecule has 2 atom stereocenters. The summed E-state index contributed by atoms with van der Waals surface area (Å²) in [6.07, 6.45) is -0.797. The topological polar surface area (TPSA) is 113 Å². The zero-order valence-corrected chi connectivity index (χ0v) is 12.0. The van der Waals surface area contributed by atoms with E-state index in [1.54, 1.807) is 6.07 Å². The first-order chi connectivity index (χ1) is 10.2. The Morgan fingerprint density at radius 2 is 1.82 bits per heavy atom. The van der Waals surface area contributed by atoms with Crippen LogP contribution in [0, 0.1) is 20.2 Å². The van der Waals surface area contributed by atoms with Crippen molar-refractivity contribution in [3.8, 4) is 0 Å². The van der Waals surface area contributed by atoms with E-state index in [4.69, 9.17) is 0 Å². The van der Waals surface area contributed by atoms with Gasteiger partial charge < -0.3 is 4.74 Å². The van der Waals surface area contributed by atoms with Gasteiger partial charge in [-0.1, -0.05) is 30.3 Å². The molecule has 0 aliphatic rings. The molecule has 0 amide bonds. The maximum Gasteiger partial charge on any atom is 0.467 e. The number of ether oxygens (including phenoxy) is 1. The number of benzene rings is 1. The van der Waals surface area contributed by atoms with Crippen LogP contribution in [0.2, 0.25) is 0 Å². The van der Waals surface area contributed by atoms with Crippen LogP contribution in [0.25, 0.3) is 0 Å². The number of halogens is 1. The third-order valence-corrected chi connectivity index (χ3v) is 2.89. The second-order valence-electron chi connectivity index (χ2n) is 4.86. The maximum atomic E-state index is 14.9. The van der Waals surface area contributed by atoms with Crippen LogP contribution in [-0.2, 0) is 9.53 Å². The molecule has 1 aromatic carbocycles. The molecule has 0 aliphatic carbocycles. The van der Waals surface area contributed by atoms with Gasteiger partial charge in [0.25, 0.3) is 0 Å². The molecule has 0 unspecified atom stereocenters. The van der Waals surface area contributed by atoms with E-state index < -0.39 is 40.2 Å². The molecule has 0 N–H and O–H groups in total. The van der Waals surface area contributed by atoms with Gasteiger partial charge >= 0.3 is 11.8 Å². The average Bonchev–Trinajstić information content (AvgIpc) is 2.43. The molecule has 22 heavy (non-hydrogen) atoms. The smallest absolute Gasteiger partial charge is 0.455 e. The molecule has 0 fully saturated rings. The van der Waals surface area contributed by atoms with E-state index >= 15 is 0 Å². The van der Waals surface area contributed by atoms with Crippen LogP contribution < -0.4 is 0 Å². The minimum Gasteiger partial charge on any atom is -0.455 e. The fraction of sp³-hybridized carbons (Fsp3) is 0.462. The van der Waals surface area contributed by atoms with Crippen LogP contribution in [0.15, 0.2) is 30.3 Å². The summed E-state index contributed by atoms with van der Waals surface area (Å²) in [5, 5.41) is 21.9. The minimum atomic E-state index is -3.74. The summed E-state index contributed by atoms with van der Waals surface area (Å²) in [4.78, 5) is 31.4. The van der Waals surface area contributed by atoms with Gasteiger partial charge in [0, 0.05) is 4.92 Å². The number of hydrogen-bond acceptors (Lipinski definition) is 6. The van der Waals surface area contributed by atoms with E-state index in [-0.39, 0.29) is 5.56 Å². The van der Waals surface area contributed by atoms with E-state index in [1.807, 2.05) is 0 Å². The van der Waals surface area contributed by atoms with Gasteiger partial charge in [-0.05, 0) is 19.4 Å². The van der Waals surface area contributed by atoms with Crippen molar-refractivity contribution in [1.29, 1.82) is 0 Å². The summed E-state index contributed by atoms with van der Waals surface area (Å²) >= 11 is 0. The van der Waals surface area contributed by atoms with Crippen molar-refractivity contribution in [3.05, 3.63) is 56.1 Å². The van der Waals surface area contributed by atoms with E-state index in [0.29, 0.717) is 0 Å². The van der Waals surface area contributed by atoms with Crippen LogP contribution in [-0.4, -0.2) is 34.3 Å². The normalized spacial score (nSPS) is 14.9. The van der Waals surface area contributed by atoms with Gasteiger partial charge in [0.2, 0.25) is 6.54 Å². The molecule has 0 spiro atoms. The molecule has 9 heteroatoms.